The first-order valence-electron chi connectivity index (χ1n) is 4.90. The largest absolute Gasteiger partial charge is 0.493 e. The van der Waals surface area contributed by atoms with E-state index in [1.165, 1.54) is 0 Å². The Hall–Kier alpha value is -1.64. The van der Waals surface area contributed by atoms with Gasteiger partial charge in [-0.2, -0.15) is 0 Å². The van der Waals surface area contributed by atoms with Crippen LogP contribution in [0, 0.1) is 0 Å². The molecule has 0 bridgehead atoms. The van der Waals surface area contributed by atoms with E-state index in [4.69, 9.17) is 4.74 Å². The van der Waals surface area contributed by atoms with E-state index in [9.17, 15) is 9.59 Å². The molecule has 0 N–H and O–H groups in total. The molecule has 1 atom stereocenters. The highest BCUT2D eigenvalue weighted by Crippen LogP contribution is 2.28. The fraction of sp³-hybridized carbons (Fsp3) is 0.333. The number of carbonyl (C=O) groups excluding carboxylic acids is 2. The maximum atomic E-state index is 10.8. The van der Waals surface area contributed by atoms with Crippen LogP contribution in [0.5, 0.6) is 5.75 Å². The van der Waals surface area contributed by atoms with E-state index in [0.717, 1.165) is 18.1 Å². The molecule has 0 radical (unpaired) electrons. The quantitative estimate of drug-likeness (QED) is 0.693. The molecule has 0 spiro atoms. The topological polar surface area (TPSA) is 43.4 Å². The number of hydrogen-bond acceptors (Lipinski definition) is 3. The van der Waals surface area contributed by atoms with E-state index in [2.05, 4.69) is 0 Å². The van der Waals surface area contributed by atoms with Gasteiger partial charge in [-0.1, -0.05) is 19.1 Å². The van der Waals surface area contributed by atoms with Crippen molar-refractivity contribution >= 4 is 12.6 Å². The molecule has 80 valence electrons. The van der Waals surface area contributed by atoms with E-state index in [1.54, 1.807) is 25.1 Å². The summed E-state index contributed by atoms with van der Waals surface area (Å²) in [7, 11) is 0. The normalized spacial score (nSPS) is 11.9. The van der Waals surface area contributed by atoms with Gasteiger partial charge < -0.3 is 9.53 Å². The van der Waals surface area contributed by atoms with E-state index in [0.29, 0.717) is 17.9 Å². The van der Waals surface area contributed by atoms with Gasteiger partial charge in [0.1, 0.15) is 12.0 Å². The number of ether oxygens (including phenoxy) is 1. The van der Waals surface area contributed by atoms with Crippen LogP contribution in [-0.2, 0) is 4.79 Å². The van der Waals surface area contributed by atoms with Gasteiger partial charge in [-0.15, -0.1) is 0 Å². The molecular weight excluding hydrogens is 192 g/mol. The van der Waals surface area contributed by atoms with Gasteiger partial charge in [0.05, 0.1) is 12.2 Å². The van der Waals surface area contributed by atoms with E-state index < -0.39 is 0 Å². The molecule has 0 heterocycles. The fourth-order valence-electron chi connectivity index (χ4n) is 1.41. The highest BCUT2D eigenvalue weighted by Gasteiger charge is 2.13. The summed E-state index contributed by atoms with van der Waals surface area (Å²) in [5.41, 5.74) is 1.25. The molecule has 3 heteroatoms. The fourth-order valence-corrected chi connectivity index (χ4v) is 1.41. The van der Waals surface area contributed by atoms with Gasteiger partial charge >= 0.3 is 0 Å². The molecule has 3 nitrogen and oxygen atoms in total. The molecule has 1 aromatic carbocycles. The molecule has 1 unspecified atom stereocenters. The minimum Gasteiger partial charge on any atom is -0.493 e. The maximum Gasteiger partial charge on any atom is 0.153 e. The first kappa shape index (κ1) is 11.4. The molecule has 0 aromatic heterocycles. The summed E-state index contributed by atoms with van der Waals surface area (Å²) in [5.74, 6) is 0.265. The number of carbonyl (C=O) groups is 2. The summed E-state index contributed by atoms with van der Waals surface area (Å²) in [4.78, 5) is 21.5. The van der Waals surface area contributed by atoms with Gasteiger partial charge in [-0.05, 0) is 13.0 Å². The summed E-state index contributed by atoms with van der Waals surface area (Å²) in [6.07, 6.45) is 1.58. The molecule has 0 saturated carbocycles. The average Bonchev–Trinajstić information content (AvgIpc) is 2.28. The predicted molar refractivity (Wildman–Crippen MR) is 57.5 cm³/mol. The lowest BCUT2D eigenvalue weighted by atomic mass is 9.99. The lowest BCUT2D eigenvalue weighted by Crippen LogP contribution is -2.04. The number of hydrogen-bond donors (Lipinski definition) is 0. The van der Waals surface area contributed by atoms with Crippen LogP contribution < -0.4 is 4.74 Å². The zero-order valence-electron chi connectivity index (χ0n) is 8.90. The summed E-state index contributed by atoms with van der Waals surface area (Å²) >= 11 is 0. The van der Waals surface area contributed by atoms with Gasteiger partial charge in [0, 0.05) is 11.5 Å². The zero-order chi connectivity index (χ0) is 11.3. The standard InChI is InChI=1S/C12H14O3/c1-3-15-12-10(8-14)5-4-6-11(12)9(2)7-13/h4-9H,3H2,1-2H3. The van der Waals surface area contributed by atoms with Crippen molar-refractivity contribution in [1.82, 2.24) is 0 Å². The van der Waals surface area contributed by atoms with Crippen LogP contribution in [0.1, 0.15) is 35.7 Å². The molecule has 1 rings (SSSR count). The van der Waals surface area contributed by atoms with Crippen molar-refractivity contribution in [3.05, 3.63) is 29.3 Å². The number of para-hydroxylation sites is 1. The Bertz CT molecular complexity index is 358. The third-order valence-corrected chi connectivity index (χ3v) is 2.19. The minimum atomic E-state index is -0.258. The second kappa shape index (κ2) is 5.29. The summed E-state index contributed by atoms with van der Waals surface area (Å²) < 4.78 is 5.39. The highest BCUT2D eigenvalue weighted by molar-refractivity contribution is 5.81. The Morgan fingerprint density at radius 1 is 1.40 bits per heavy atom. The molecule has 15 heavy (non-hydrogen) atoms. The molecular formula is C12H14O3. The summed E-state index contributed by atoms with van der Waals surface area (Å²) in [6.45, 7) is 4.10. The van der Waals surface area contributed by atoms with Crippen LogP contribution >= 0.6 is 0 Å². The highest BCUT2D eigenvalue weighted by atomic mass is 16.5. The third-order valence-electron chi connectivity index (χ3n) is 2.19. The molecule has 1 aromatic rings. The Balaban J connectivity index is 3.23. The predicted octanol–water partition coefficient (Wildman–Crippen LogP) is 2.20. The van der Waals surface area contributed by atoms with Gasteiger partial charge in [0.25, 0.3) is 0 Å². The molecule has 0 aliphatic carbocycles. The summed E-state index contributed by atoms with van der Waals surface area (Å²) in [5, 5.41) is 0. The van der Waals surface area contributed by atoms with Crippen molar-refractivity contribution in [2.75, 3.05) is 6.61 Å². The smallest absolute Gasteiger partial charge is 0.153 e. The van der Waals surface area contributed by atoms with Crippen LogP contribution in [0.15, 0.2) is 18.2 Å². The van der Waals surface area contributed by atoms with Crippen LogP contribution in [0.25, 0.3) is 0 Å². The number of aldehydes is 2. The van der Waals surface area contributed by atoms with E-state index in [-0.39, 0.29) is 5.92 Å². The van der Waals surface area contributed by atoms with Crippen LogP contribution in [-0.4, -0.2) is 19.2 Å². The second-order valence-electron chi connectivity index (χ2n) is 3.24. The van der Waals surface area contributed by atoms with Crippen molar-refractivity contribution in [2.24, 2.45) is 0 Å². The third kappa shape index (κ3) is 2.43. The Kier molecular flexibility index (Phi) is 4.03. The number of benzene rings is 1. The average molecular weight is 206 g/mol. The maximum absolute atomic E-state index is 10.8. The molecule has 0 fully saturated rings. The second-order valence-corrected chi connectivity index (χ2v) is 3.24. The molecule has 0 aliphatic rings. The minimum absolute atomic E-state index is 0.258. The van der Waals surface area contributed by atoms with Gasteiger partial charge in [-0.25, -0.2) is 0 Å². The van der Waals surface area contributed by atoms with Crippen molar-refractivity contribution in [3.8, 4) is 5.75 Å². The molecule has 0 aliphatic heterocycles. The van der Waals surface area contributed by atoms with Crippen molar-refractivity contribution in [3.63, 3.8) is 0 Å². The van der Waals surface area contributed by atoms with Crippen LogP contribution in [0.2, 0.25) is 0 Å². The Morgan fingerprint density at radius 3 is 2.67 bits per heavy atom. The van der Waals surface area contributed by atoms with Gasteiger partial charge in [-0.3, -0.25) is 4.79 Å². The van der Waals surface area contributed by atoms with Crippen LogP contribution in [0.3, 0.4) is 0 Å². The van der Waals surface area contributed by atoms with E-state index >= 15 is 0 Å². The first-order chi connectivity index (χ1) is 7.24. The molecule has 0 saturated heterocycles. The lowest BCUT2D eigenvalue weighted by molar-refractivity contribution is -0.108. The summed E-state index contributed by atoms with van der Waals surface area (Å²) in [6, 6.07) is 5.23. The first-order valence-corrected chi connectivity index (χ1v) is 4.90. The Labute approximate surface area is 89.1 Å². The van der Waals surface area contributed by atoms with Crippen molar-refractivity contribution < 1.29 is 14.3 Å². The lowest BCUT2D eigenvalue weighted by Gasteiger charge is -2.13. The van der Waals surface area contributed by atoms with E-state index in [1.807, 2.05) is 6.92 Å². The number of rotatable bonds is 5. The van der Waals surface area contributed by atoms with Crippen LogP contribution in [0.4, 0.5) is 0 Å². The van der Waals surface area contributed by atoms with Gasteiger partial charge in [0.15, 0.2) is 6.29 Å². The SMILES string of the molecule is CCOc1c(C=O)cccc1C(C)C=O. The Morgan fingerprint density at radius 2 is 2.13 bits per heavy atom. The monoisotopic (exact) mass is 206 g/mol. The van der Waals surface area contributed by atoms with Gasteiger partial charge in [0.2, 0.25) is 0 Å². The molecule has 0 amide bonds. The van der Waals surface area contributed by atoms with Crippen molar-refractivity contribution in [1.29, 1.82) is 0 Å². The zero-order valence-corrected chi connectivity index (χ0v) is 8.90. The van der Waals surface area contributed by atoms with Crippen molar-refractivity contribution in [2.45, 2.75) is 19.8 Å².